The van der Waals surface area contributed by atoms with Crippen molar-refractivity contribution in [2.45, 2.75) is 6.54 Å². The number of carbonyl (C=O) groups is 1. The lowest BCUT2D eigenvalue weighted by Crippen LogP contribution is -2.27. The Morgan fingerprint density at radius 3 is 2.39 bits per heavy atom. The monoisotopic (exact) mass is 488 g/mol. The topological polar surface area (TPSA) is 106 Å². The van der Waals surface area contributed by atoms with E-state index < -0.39 is 4.92 Å². The first-order chi connectivity index (χ1) is 16.0. The van der Waals surface area contributed by atoms with Crippen molar-refractivity contribution in [3.8, 4) is 11.3 Å². The Labute approximate surface area is 200 Å². The Bertz CT molecular complexity index is 1090. The maximum Gasteiger partial charge on any atom is 0.269 e. The van der Waals surface area contributed by atoms with Crippen LogP contribution in [-0.4, -0.2) is 51.4 Å². The molecular weight excluding hydrogens is 467 g/mol. The number of non-ortho nitro benzene ring substituents is 1. The van der Waals surface area contributed by atoms with Crippen molar-refractivity contribution >= 4 is 46.7 Å². The first-order valence-electron chi connectivity index (χ1n) is 10.1. The standard InChI is InChI=1S/C22H22Cl2N6O3/c23-9-11-29(12-10-24)19-5-1-17(2-6-19)13-26-27-22(31)15-28-14-21(25-16-28)18-3-7-20(8-4-18)30(32)33/h1-8,13-14,16H,9-12,15H2,(H,27,31)/b26-13+. The van der Waals surface area contributed by atoms with E-state index in [0.717, 1.165) is 16.8 Å². The van der Waals surface area contributed by atoms with Crippen LogP contribution in [0.5, 0.6) is 0 Å². The Hall–Kier alpha value is -3.43. The van der Waals surface area contributed by atoms with E-state index in [1.54, 1.807) is 29.1 Å². The highest BCUT2D eigenvalue weighted by molar-refractivity contribution is 6.18. The lowest BCUT2D eigenvalue weighted by atomic mass is 10.1. The van der Waals surface area contributed by atoms with Gasteiger partial charge < -0.3 is 9.47 Å². The van der Waals surface area contributed by atoms with Crippen LogP contribution in [0, 0.1) is 10.1 Å². The summed E-state index contributed by atoms with van der Waals surface area (Å²) in [4.78, 5) is 28.8. The molecular formula is C22H22Cl2N6O3. The van der Waals surface area contributed by atoms with Crippen LogP contribution in [0.1, 0.15) is 5.56 Å². The van der Waals surface area contributed by atoms with Crippen molar-refractivity contribution in [1.82, 2.24) is 15.0 Å². The summed E-state index contributed by atoms with van der Waals surface area (Å²) in [6, 6.07) is 13.8. The summed E-state index contributed by atoms with van der Waals surface area (Å²) >= 11 is 11.7. The average molecular weight is 489 g/mol. The van der Waals surface area contributed by atoms with Gasteiger partial charge in [-0.15, -0.1) is 23.2 Å². The summed E-state index contributed by atoms with van der Waals surface area (Å²) in [5.74, 6) is 0.711. The summed E-state index contributed by atoms with van der Waals surface area (Å²) in [5.41, 5.74) is 5.67. The van der Waals surface area contributed by atoms with Crippen molar-refractivity contribution in [2.75, 3.05) is 29.7 Å². The van der Waals surface area contributed by atoms with E-state index in [0.29, 0.717) is 30.5 Å². The predicted molar refractivity (Wildman–Crippen MR) is 130 cm³/mol. The number of nitrogens with zero attached hydrogens (tertiary/aromatic N) is 5. The zero-order valence-corrected chi connectivity index (χ0v) is 19.1. The average Bonchev–Trinajstić information content (AvgIpc) is 3.28. The SMILES string of the molecule is O=C(Cn1cnc(-c2ccc([N+](=O)[O-])cc2)c1)N/N=C/c1ccc(N(CCCl)CCCl)cc1. The second kappa shape index (κ2) is 12.0. The molecule has 1 amide bonds. The molecule has 0 radical (unpaired) electrons. The molecule has 11 heteroatoms. The van der Waals surface area contributed by atoms with Crippen LogP contribution in [0.2, 0.25) is 0 Å². The Morgan fingerprint density at radius 1 is 1.12 bits per heavy atom. The Kier molecular flexibility index (Phi) is 8.79. The van der Waals surface area contributed by atoms with Gasteiger partial charge in [0.1, 0.15) is 6.54 Å². The van der Waals surface area contributed by atoms with Crippen molar-refractivity contribution < 1.29 is 9.72 Å². The number of rotatable bonds is 11. The third-order valence-corrected chi connectivity index (χ3v) is 5.04. The second-order valence-corrected chi connectivity index (χ2v) is 7.74. The number of aromatic nitrogens is 2. The first-order valence-corrected chi connectivity index (χ1v) is 11.1. The molecule has 1 aromatic heterocycles. The Balaban J connectivity index is 1.52. The highest BCUT2D eigenvalue weighted by Gasteiger charge is 2.09. The van der Waals surface area contributed by atoms with E-state index in [4.69, 9.17) is 23.2 Å². The van der Waals surface area contributed by atoms with E-state index in [1.165, 1.54) is 18.5 Å². The first kappa shape index (κ1) is 24.2. The van der Waals surface area contributed by atoms with Crippen LogP contribution < -0.4 is 10.3 Å². The van der Waals surface area contributed by atoms with Gasteiger partial charge in [0.25, 0.3) is 11.6 Å². The molecule has 9 nitrogen and oxygen atoms in total. The fraction of sp³-hybridized carbons (Fsp3) is 0.227. The highest BCUT2D eigenvalue weighted by atomic mass is 35.5. The lowest BCUT2D eigenvalue weighted by Gasteiger charge is -2.22. The molecule has 0 saturated heterocycles. The summed E-state index contributed by atoms with van der Waals surface area (Å²) in [6.45, 7) is 1.44. The fourth-order valence-corrected chi connectivity index (χ4v) is 3.48. The van der Waals surface area contributed by atoms with Gasteiger partial charge in [0.2, 0.25) is 0 Å². The number of hydrazone groups is 1. The van der Waals surface area contributed by atoms with Crippen LogP contribution >= 0.6 is 23.2 Å². The van der Waals surface area contributed by atoms with E-state index in [1.807, 2.05) is 24.3 Å². The van der Waals surface area contributed by atoms with E-state index in [2.05, 4.69) is 20.4 Å². The van der Waals surface area contributed by atoms with Crippen LogP contribution in [0.25, 0.3) is 11.3 Å². The minimum absolute atomic E-state index is 0.00732. The zero-order chi connectivity index (χ0) is 23.6. The van der Waals surface area contributed by atoms with Crippen LogP contribution in [-0.2, 0) is 11.3 Å². The fourth-order valence-electron chi connectivity index (χ4n) is 3.07. The summed E-state index contributed by atoms with van der Waals surface area (Å²) in [6.07, 6.45) is 4.77. The number of alkyl halides is 2. The number of halogens is 2. The number of hydrogen-bond acceptors (Lipinski definition) is 6. The van der Waals surface area contributed by atoms with Crippen LogP contribution in [0.4, 0.5) is 11.4 Å². The van der Waals surface area contributed by atoms with Crippen molar-refractivity contribution in [2.24, 2.45) is 5.10 Å². The maximum absolute atomic E-state index is 12.2. The summed E-state index contributed by atoms with van der Waals surface area (Å²) in [7, 11) is 0. The lowest BCUT2D eigenvalue weighted by molar-refractivity contribution is -0.384. The number of nitro groups is 1. The van der Waals surface area contributed by atoms with Crippen molar-refractivity contribution in [3.05, 3.63) is 76.7 Å². The quantitative estimate of drug-likeness (QED) is 0.190. The Morgan fingerprint density at radius 2 is 1.79 bits per heavy atom. The third kappa shape index (κ3) is 7.03. The molecule has 3 rings (SSSR count). The molecule has 0 saturated carbocycles. The minimum Gasteiger partial charge on any atom is -0.369 e. The number of nitrogens with one attached hydrogen (secondary N) is 1. The molecule has 0 atom stereocenters. The minimum atomic E-state index is -0.459. The van der Waals surface area contributed by atoms with E-state index in [9.17, 15) is 14.9 Å². The van der Waals surface area contributed by atoms with E-state index >= 15 is 0 Å². The highest BCUT2D eigenvalue weighted by Crippen LogP contribution is 2.20. The number of amides is 1. The van der Waals surface area contributed by atoms with Gasteiger partial charge in [-0.2, -0.15) is 5.10 Å². The molecule has 33 heavy (non-hydrogen) atoms. The van der Waals surface area contributed by atoms with Gasteiger partial charge in [-0.3, -0.25) is 14.9 Å². The number of imidazole rings is 1. The molecule has 1 N–H and O–H groups in total. The van der Waals surface area contributed by atoms with Crippen molar-refractivity contribution in [3.63, 3.8) is 0 Å². The van der Waals surface area contributed by atoms with E-state index in [-0.39, 0.29) is 18.1 Å². The molecule has 0 unspecified atom stereocenters. The molecule has 1 heterocycles. The van der Waals surface area contributed by atoms with Gasteiger partial charge in [0.05, 0.1) is 23.2 Å². The van der Waals surface area contributed by atoms with Crippen LogP contribution in [0.3, 0.4) is 0 Å². The molecule has 0 aliphatic carbocycles. The molecule has 2 aromatic carbocycles. The molecule has 0 aliphatic heterocycles. The van der Waals surface area contributed by atoms with Gasteiger partial charge in [-0.05, 0) is 29.8 Å². The number of anilines is 1. The largest absolute Gasteiger partial charge is 0.369 e. The summed E-state index contributed by atoms with van der Waals surface area (Å²) < 4.78 is 1.61. The summed E-state index contributed by atoms with van der Waals surface area (Å²) in [5, 5.41) is 14.8. The molecule has 3 aromatic rings. The molecule has 0 aliphatic rings. The van der Waals surface area contributed by atoms with Gasteiger partial charge in [0, 0.05) is 54.4 Å². The molecule has 0 spiro atoms. The third-order valence-electron chi connectivity index (χ3n) is 4.70. The normalized spacial score (nSPS) is 11.0. The second-order valence-electron chi connectivity index (χ2n) is 6.98. The number of carbonyl (C=O) groups excluding carboxylic acids is 1. The van der Waals surface area contributed by atoms with Gasteiger partial charge in [-0.1, -0.05) is 12.1 Å². The molecule has 0 bridgehead atoms. The van der Waals surface area contributed by atoms with Gasteiger partial charge >= 0.3 is 0 Å². The maximum atomic E-state index is 12.2. The number of nitro benzene ring substituents is 1. The van der Waals surface area contributed by atoms with Crippen LogP contribution in [0.15, 0.2) is 66.2 Å². The predicted octanol–water partition coefficient (Wildman–Crippen LogP) is 3.89. The smallest absolute Gasteiger partial charge is 0.269 e. The molecule has 172 valence electrons. The van der Waals surface area contributed by atoms with Gasteiger partial charge in [0.15, 0.2) is 0 Å². The van der Waals surface area contributed by atoms with Crippen molar-refractivity contribution in [1.29, 1.82) is 0 Å². The molecule has 0 fully saturated rings. The van der Waals surface area contributed by atoms with Gasteiger partial charge in [-0.25, -0.2) is 10.4 Å². The number of hydrogen-bond donors (Lipinski definition) is 1. The number of benzene rings is 2. The zero-order valence-electron chi connectivity index (χ0n) is 17.6.